The van der Waals surface area contributed by atoms with Crippen molar-refractivity contribution < 1.29 is 22.7 Å². The van der Waals surface area contributed by atoms with E-state index >= 15 is 0 Å². The summed E-state index contributed by atoms with van der Waals surface area (Å²) in [4.78, 5) is 12.8. The van der Waals surface area contributed by atoms with Gasteiger partial charge in [-0.3, -0.25) is 4.79 Å². The number of carbonyl (C=O) groups excluding carboxylic acids is 1. The standard InChI is InChI=1S/C23H29NO5S.ClH/c1-4-28-22(25)23(11-13-24-14-12-23)16-30(26,27)21-9-7-19(8-10-21)29-20-6-5-17(2)18(3)15-20;/h5-10,15,24H,4,11-14,16H2,1-3H3;1H. The minimum atomic E-state index is -3.67. The zero-order valence-electron chi connectivity index (χ0n) is 18.1. The molecule has 2 aromatic rings. The van der Waals surface area contributed by atoms with E-state index in [1.54, 1.807) is 19.1 Å². The molecule has 1 aliphatic heterocycles. The van der Waals surface area contributed by atoms with E-state index in [0.29, 0.717) is 37.4 Å². The van der Waals surface area contributed by atoms with Crippen molar-refractivity contribution >= 4 is 28.2 Å². The number of benzene rings is 2. The fourth-order valence-corrected chi connectivity index (χ4v) is 5.52. The molecule has 1 heterocycles. The Bertz CT molecular complexity index is 999. The van der Waals surface area contributed by atoms with E-state index in [1.807, 2.05) is 32.0 Å². The average molecular weight is 468 g/mol. The second-order valence-electron chi connectivity index (χ2n) is 7.83. The van der Waals surface area contributed by atoms with Crippen LogP contribution in [0, 0.1) is 19.3 Å². The number of carbonyl (C=O) groups is 1. The second-order valence-corrected chi connectivity index (χ2v) is 9.82. The number of piperidine rings is 1. The van der Waals surface area contributed by atoms with Crippen LogP contribution in [0.2, 0.25) is 0 Å². The topological polar surface area (TPSA) is 81.7 Å². The maximum absolute atomic E-state index is 13.1. The van der Waals surface area contributed by atoms with Gasteiger partial charge in [-0.05, 0) is 94.2 Å². The smallest absolute Gasteiger partial charge is 0.313 e. The van der Waals surface area contributed by atoms with E-state index < -0.39 is 21.2 Å². The fourth-order valence-electron chi connectivity index (χ4n) is 3.67. The molecule has 0 saturated carbocycles. The van der Waals surface area contributed by atoms with E-state index in [1.165, 1.54) is 17.7 Å². The van der Waals surface area contributed by atoms with Crippen molar-refractivity contribution in [3.05, 3.63) is 53.6 Å². The van der Waals surface area contributed by atoms with Gasteiger partial charge in [0.05, 0.1) is 22.7 Å². The molecule has 3 rings (SSSR count). The number of hydrogen-bond acceptors (Lipinski definition) is 6. The molecule has 0 spiro atoms. The maximum Gasteiger partial charge on any atom is 0.313 e. The Morgan fingerprint density at radius 2 is 1.61 bits per heavy atom. The number of halogens is 1. The Kier molecular flexibility index (Phi) is 8.51. The van der Waals surface area contributed by atoms with Gasteiger partial charge in [0.2, 0.25) is 0 Å². The van der Waals surface area contributed by atoms with Gasteiger partial charge in [0.1, 0.15) is 11.5 Å². The molecule has 8 heteroatoms. The normalized spacial score (nSPS) is 15.6. The van der Waals surface area contributed by atoms with Crippen LogP contribution in [0.3, 0.4) is 0 Å². The van der Waals surface area contributed by atoms with Gasteiger partial charge in [-0.25, -0.2) is 8.42 Å². The second kappa shape index (κ2) is 10.5. The van der Waals surface area contributed by atoms with Crippen LogP contribution < -0.4 is 10.1 Å². The third-order valence-electron chi connectivity index (χ3n) is 5.63. The van der Waals surface area contributed by atoms with Crippen LogP contribution in [0.15, 0.2) is 47.4 Å². The molecule has 2 aromatic carbocycles. The van der Waals surface area contributed by atoms with Crippen LogP contribution >= 0.6 is 12.4 Å². The molecule has 31 heavy (non-hydrogen) atoms. The largest absolute Gasteiger partial charge is 0.466 e. The summed E-state index contributed by atoms with van der Waals surface area (Å²) in [6, 6.07) is 12.2. The van der Waals surface area contributed by atoms with Gasteiger partial charge in [0.15, 0.2) is 9.84 Å². The van der Waals surface area contributed by atoms with Crippen molar-refractivity contribution in [3.63, 3.8) is 0 Å². The summed E-state index contributed by atoms with van der Waals surface area (Å²) in [5.74, 6) is 0.575. The van der Waals surface area contributed by atoms with Crippen molar-refractivity contribution in [1.82, 2.24) is 5.32 Å². The lowest BCUT2D eigenvalue weighted by Gasteiger charge is -2.34. The van der Waals surface area contributed by atoms with Gasteiger partial charge < -0.3 is 14.8 Å². The van der Waals surface area contributed by atoms with Crippen molar-refractivity contribution in [1.29, 1.82) is 0 Å². The lowest BCUT2D eigenvalue weighted by atomic mass is 9.81. The molecule has 1 fully saturated rings. The highest BCUT2D eigenvalue weighted by atomic mass is 35.5. The number of hydrogen-bond donors (Lipinski definition) is 1. The third kappa shape index (κ3) is 5.99. The molecular formula is C23H30ClNO5S. The number of esters is 1. The summed E-state index contributed by atoms with van der Waals surface area (Å²) in [7, 11) is -3.67. The Morgan fingerprint density at radius 3 is 2.19 bits per heavy atom. The first-order valence-electron chi connectivity index (χ1n) is 10.2. The Morgan fingerprint density at radius 1 is 1.00 bits per heavy atom. The van der Waals surface area contributed by atoms with E-state index in [-0.39, 0.29) is 29.7 Å². The quantitative estimate of drug-likeness (QED) is 0.614. The molecule has 0 aliphatic carbocycles. The number of aryl methyl sites for hydroxylation is 2. The molecule has 0 aromatic heterocycles. The Balaban J connectivity index is 0.00000341. The summed E-state index contributed by atoms with van der Waals surface area (Å²) in [6.45, 7) is 7.20. The molecule has 0 unspecified atom stereocenters. The monoisotopic (exact) mass is 467 g/mol. The summed E-state index contributed by atoms with van der Waals surface area (Å²) in [6.07, 6.45) is 0.887. The van der Waals surface area contributed by atoms with E-state index in [2.05, 4.69) is 5.32 Å². The first kappa shape index (κ1) is 25.2. The number of nitrogens with one attached hydrogen (secondary N) is 1. The number of rotatable bonds is 7. The van der Waals surface area contributed by atoms with Gasteiger partial charge in [-0.2, -0.15) is 0 Å². The van der Waals surface area contributed by atoms with Crippen LogP contribution in [0.5, 0.6) is 11.5 Å². The van der Waals surface area contributed by atoms with Crippen molar-refractivity contribution in [3.8, 4) is 11.5 Å². The molecule has 6 nitrogen and oxygen atoms in total. The molecule has 0 bridgehead atoms. The van der Waals surface area contributed by atoms with Crippen LogP contribution in [0.1, 0.15) is 30.9 Å². The van der Waals surface area contributed by atoms with Gasteiger partial charge in [-0.1, -0.05) is 6.07 Å². The average Bonchev–Trinajstić information content (AvgIpc) is 2.72. The van der Waals surface area contributed by atoms with Gasteiger partial charge in [0, 0.05) is 0 Å². The summed E-state index contributed by atoms with van der Waals surface area (Å²) in [5.41, 5.74) is 1.30. The Hall–Kier alpha value is -2.09. The van der Waals surface area contributed by atoms with Crippen LogP contribution in [-0.4, -0.2) is 39.8 Å². The van der Waals surface area contributed by atoms with Crippen molar-refractivity contribution in [2.24, 2.45) is 5.41 Å². The summed E-state index contributed by atoms with van der Waals surface area (Å²) in [5, 5.41) is 3.18. The fraction of sp³-hybridized carbons (Fsp3) is 0.435. The first-order valence-corrected chi connectivity index (χ1v) is 11.9. The highest BCUT2D eigenvalue weighted by molar-refractivity contribution is 7.91. The summed E-state index contributed by atoms with van der Waals surface area (Å²) < 4.78 is 37.3. The molecule has 0 atom stereocenters. The van der Waals surface area contributed by atoms with Crippen LogP contribution in [-0.2, 0) is 19.4 Å². The zero-order chi connectivity index (χ0) is 21.8. The minimum absolute atomic E-state index is 0. The molecule has 1 saturated heterocycles. The molecule has 0 amide bonds. The highest BCUT2D eigenvalue weighted by Crippen LogP contribution is 2.35. The van der Waals surface area contributed by atoms with E-state index in [4.69, 9.17) is 9.47 Å². The molecule has 0 radical (unpaired) electrons. The first-order chi connectivity index (χ1) is 14.3. The van der Waals surface area contributed by atoms with Gasteiger partial charge >= 0.3 is 5.97 Å². The minimum Gasteiger partial charge on any atom is -0.466 e. The van der Waals surface area contributed by atoms with Crippen LogP contribution in [0.25, 0.3) is 0 Å². The Labute approximate surface area is 190 Å². The van der Waals surface area contributed by atoms with Gasteiger partial charge in [0.25, 0.3) is 0 Å². The lowest BCUT2D eigenvalue weighted by Crippen LogP contribution is -2.47. The molecule has 170 valence electrons. The van der Waals surface area contributed by atoms with E-state index in [0.717, 1.165) is 5.56 Å². The SMILES string of the molecule is CCOC(=O)C1(CS(=O)(=O)c2ccc(Oc3ccc(C)c(C)c3)cc2)CCNCC1.Cl. The van der Waals surface area contributed by atoms with Crippen LogP contribution in [0.4, 0.5) is 0 Å². The molecule has 1 N–H and O–H groups in total. The summed E-state index contributed by atoms with van der Waals surface area (Å²) >= 11 is 0. The lowest BCUT2D eigenvalue weighted by molar-refractivity contribution is -0.155. The predicted octanol–water partition coefficient (Wildman–Crippen LogP) is 4.22. The van der Waals surface area contributed by atoms with Gasteiger partial charge in [-0.15, -0.1) is 12.4 Å². The number of sulfone groups is 1. The highest BCUT2D eigenvalue weighted by Gasteiger charge is 2.45. The molecular weight excluding hydrogens is 438 g/mol. The number of ether oxygens (including phenoxy) is 2. The zero-order valence-corrected chi connectivity index (χ0v) is 19.8. The third-order valence-corrected chi connectivity index (χ3v) is 7.56. The van der Waals surface area contributed by atoms with Crippen molar-refractivity contribution in [2.45, 2.75) is 38.5 Å². The molecule has 1 aliphatic rings. The van der Waals surface area contributed by atoms with Crippen molar-refractivity contribution in [2.75, 3.05) is 25.4 Å². The predicted molar refractivity (Wildman–Crippen MR) is 123 cm³/mol. The van der Waals surface area contributed by atoms with E-state index in [9.17, 15) is 13.2 Å². The maximum atomic E-state index is 13.1.